The largest absolute Gasteiger partial charge is 0.481 e. The summed E-state index contributed by atoms with van der Waals surface area (Å²) in [6, 6.07) is 0.0207. The Bertz CT molecular complexity index is 833. The van der Waals surface area contributed by atoms with Gasteiger partial charge >= 0.3 is 18.2 Å². The van der Waals surface area contributed by atoms with Crippen molar-refractivity contribution in [2.75, 3.05) is 52.9 Å². The highest BCUT2D eigenvalue weighted by Crippen LogP contribution is 2.29. The third kappa shape index (κ3) is 9.00. The first-order valence-electron chi connectivity index (χ1n) is 13.9. The zero-order valence-electron chi connectivity index (χ0n) is 23.4. The SMILES string of the molecule is CN1C(=O)OC(N2CCN(CCCC(=O)O)CC2)C1CCCC1CCN(C(=N)NC(=O)OC(C)(C)C)CC1. The molecule has 12 heteroatoms. The highest BCUT2D eigenvalue weighted by Gasteiger charge is 2.43. The molecule has 0 aromatic rings. The predicted molar refractivity (Wildman–Crippen MR) is 142 cm³/mol. The Morgan fingerprint density at radius 2 is 1.74 bits per heavy atom. The molecular weight excluding hydrogens is 492 g/mol. The molecule has 3 saturated heterocycles. The Kier molecular flexibility index (Phi) is 10.6. The van der Waals surface area contributed by atoms with Crippen molar-refractivity contribution < 1.29 is 29.0 Å². The molecular formula is C26H46N6O6. The van der Waals surface area contributed by atoms with Gasteiger partial charge in [-0.15, -0.1) is 0 Å². The Labute approximate surface area is 226 Å². The molecule has 3 heterocycles. The molecule has 0 aliphatic carbocycles. The maximum atomic E-state index is 12.4. The number of ether oxygens (including phenoxy) is 2. The van der Waals surface area contributed by atoms with Crippen LogP contribution in [0, 0.1) is 11.3 Å². The number of aliphatic carboxylic acids is 1. The predicted octanol–water partition coefficient (Wildman–Crippen LogP) is 2.59. The van der Waals surface area contributed by atoms with Crippen LogP contribution in [0.15, 0.2) is 0 Å². The number of nitrogens with zero attached hydrogens (tertiary/aromatic N) is 4. The van der Waals surface area contributed by atoms with Gasteiger partial charge in [-0.25, -0.2) is 9.59 Å². The number of rotatable bonds is 9. The number of piperazine rings is 1. The minimum atomic E-state index is -0.757. The Morgan fingerprint density at radius 3 is 2.34 bits per heavy atom. The summed E-state index contributed by atoms with van der Waals surface area (Å²) in [6.45, 7) is 10.9. The maximum absolute atomic E-state index is 12.4. The van der Waals surface area contributed by atoms with Crippen molar-refractivity contribution in [1.82, 2.24) is 24.9 Å². The third-order valence-corrected chi connectivity index (χ3v) is 7.63. The van der Waals surface area contributed by atoms with Crippen LogP contribution in [0.2, 0.25) is 0 Å². The van der Waals surface area contributed by atoms with E-state index >= 15 is 0 Å². The van der Waals surface area contributed by atoms with Gasteiger partial charge in [0.2, 0.25) is 5.96 Å². The smallest absolute Gasteiger partial charge is 0.414 e. The molecule has 0 spiro atoms. The van der Waals surface area contributed by atoms with E-state index in [4.69, 9.17) is 20.0 Å². The van der Waals surface area contributed by atoms with E-state index in [1.54, 1.807) is 25.7 Å². The fourth-order valence-electron chi connectivity index (χ4n) is 5.48. The number of carbonyl (C=O) groups is 3. The van der Waals surface area contributed by atoms with Crippen LogP contribution >= 0.6 is 0 Å². The molecule has 38 heavy (non-hydrogen) atoms. The van der Waals surface area contributed by atoms with Crippen LogP contribution in [-0.4, -0.2) is 120 Å². The minimum Gasteiger partial charge on any atom is -0.481 e. The van der Waals surface area contributed by atoms with Crippen LogP contribution in [0.3, 0.4) is 0 Å². The van der Waals surface area contributed by atoms with E-state index in [0.29, 0.717) is 12.3 Å². The van der Waals surface area contributed by atoms with Crippen molar-refractivity contribution in [1.29, 1.82) is 5.41 Å². The van der Waals surface area contributed by atoms with Crippen molar-refractivity contribution in [2.24, 2.45) is 5.92 Å². The van der Waals surface area contributed by atoms with E-state index < -0.39 is 17.7 Å². The zero-order chi connectivity index (χ0) is 27.9. The Morgan fingerprint density at radius 1 is 1.08 bits per heavy atom. The van der Waals surface area contributed by atoms with Crippen LogP contribution in [-0.2, 0) is 14.3 Å². The van der Waals surface area contributed by atoms with Crippen molar-refractivity contribution in [2.45, 2.75) is 83.6 Å². The van der Waals surface area contributed by atoms with Gasteiger partial charge in [-0.3, -0.25) is 20.4 Å². The highest BCUT2D eigenvalue weighted by molar-refractivity contribution is 5.92. The lowest BCUT2D eigenvalue weighted by atomic mass is 9.90. The van der Waals surface area contributed by atoms with Gasteiger partial charge in [0.05, 0.1) is 6.04 Å². The number of cyclic esters (lactones) is 1. The van der Waals surface area contributed by atoms with Crippen molar-refractivity contribution in [3.63, 3.8) is 0 Å². The van der Waals surface area contributed by atoms with E-state index in [1.807, 2.05) is 11.9 Å². The molecule has 2 unspecified atom stereocenters. The molecule has 216 valence electrons. The van der Waals surface area contributed by atoms with E-state index in [2.05, 4.69) is 15.1 Å². The number of hydrogen-bond donors (Lipinski definition) is 3. The summed E-state index contributed by atoms with van der Waals surface area (Å²) in [5.74, 6) is -0.116. The first-order chi connectivity index (χ1) is 17.9. The van der Waals surface area contributed by atoms with Gasteiger partial charge in [-0.1, -0.05) is 12.8 Å². The third-order valence-electron chi connectivity index (χ3n) is 7.63. The molecule has 0 aromatic heterocycles. The number of piperidine rings is 1. The lowest BCUT2D eigenvalue weighted by Gasteiger charge is -2.39. The van der Waals surface area contributed by atoms with E-state index in [9.17, 15) is 14.4 Å². The molecule has 0 aromatic carbocycles. The molecule has 2 amide bonds. The molecule has 0 saturated carbocycles. The van der Waals surface area contributed by atoms with Crippen LogP contribution in [0.4, 0.5) is 9.59 Å². The van der Waals surface area contributed by atoms with Crippen LogP contribution in [0.25, 0.3) is 0 Å². The summed E-state index contributed by atoms with van der Waals surface area (Å²) in [7, 11) is 1.82. The number of alkyl carbamates (subject to hydrolysis) is 1. The lowest BCUT2D eigenvalue weighted by molar-refractivity contribution is -0.137. The number of likely N-dealkylation sites (tertiary alicyclic amines) is 1. The molecule has 3 N–H and O–H groups in total. The van der Waals surface area contributed by atoms with E-state index in [0.717, 1.165) is 77.9 Å². The first-order valence-corrected chi connectivity index (χ1v) is 13.9. The second-order valence-corrected chi connectivity index (χ2v) is 11.7. The molecule has 0 radical (unpaired) electrons. The number of carboxylic acids is 1. The fourth-order valence-corrected chi connectivity index (χ4v) is 5.48. The van der Waals surface area contributed by atoms with Crippen molar-refractivity contribution in [3.8, 4) is 0 Å². The number of guanidine groups is 1. The molecule has 3 aliphatic heterocycles. The molecule has 12 nitrogen and oxygen atoms in total. The molecule has 3 rings (SSSR count). The van der Waals surface area contributed by atoms with Gasteiger partial charge in [0.1, 0.15) is 5.60 Å². The zero-order valence-corrected chi connectivity index (χ0v) is 23.4. The maximum Gasteiger partial charge on any atom is 0.414 e. The average molecular weight is 539 g/mol. The minimum absolute atomic E-state index is 0.0207. The van der Waals surface area contributed by atoms with Crippen LogP contribution < -0.4 is 5.32 Å². The normalized spacial score (nSPS) is 23.8. The summed E-state index contributed by atoms with van der Waals surface area (Å²) in [5, 5.41) is 19.6. The Balaban J connectivity index is 1.38. The number of likely N-dealkylation sites (N-methyl/N-ethyl adjacent to an activating group) is 1. The number of carboxylic acid groups (broad SMARTS) is 1. The average Bonchev–Trinajstić information content (AvgIpc) is 3.12. The second-order valence-electron chi connectivity index (χ2n) is 11.7. The second kappa shape index (κ2) is 13.5. The summed E-state index contributed by atoms with van der Waals surface area (Å²) < 4.78 is 11.0. The van der Waals surface area contributed by atoms with Crippen molar-refractivity contribution in [3.05, 3.63) is 0 Å². The van der Waals surface area contributed by atoms with Gasteiger partial charge in [-0.05, 0) is 58.9 Å². The van der Waals surface area contributed by atoms with Gasteiger partial charge in [-0.2, -0.15) is 0 Å². The standard InChI is InChI=1S/C26H46N6O6/c1-26(2,3)38-24(35)28-23(27)32-13-10-19(11-14-32)7-5-8-20-22(37-25(36)29(20)4)31-17-15-30(16-18-31)12-6-9-21(33)34/h19-20,22H,5-18H2,1-4H3,(H,33,34)(H2,27,28,35). The van der Waals surface area contributed by atoms with Crippen LogP contribution in [0.1, 0.15) is 65.7 Å². The quantitative estimate of drug-likeness (QED) is 0.299. The summed E-state index contributed by atoms with van der Waals surface area (Å²) in [4.78, 5) is 43.2. The number of nitrogens with one attached hydrogen (secondary N) is 2. The Hall–Kier alpha value is -2.60. The number of amides is 2. The summed E-state index contributed by atoms with van der Waals surface area (Å²) in [6.07, 6.45) is 4.58. The summed E-state index contributed by atoms with van der Waals surface area (Å²) in [5.41, 5.74) is -0.600. The molecule has 3 fully saturated rings. The molecule has 0 bridgehead atoms. The first kappa shape index (κ1) is 29.9. The fraction of sp³-hybridized carbons (Fsp3) is 0.846. The van der Waals surface area contributed by atoms with Gasteiger partial charge in [0.15, 0.2) is 6.23 Å². The number of hydrogen-bond acceptors (Lipinski definition) is 8. The van der Waals surface area contributed by atoms with Gasteiger partial charge in [0.25, 0.3) is 0 Å². The van der Waals surface area contributed by atoms with E-state index in [-0.39, 0.29) is 30.7 Å². The highest BCUT2D eigenvalue weighted by atomic mass is 16.6. The van der Waals surface area contributed by atoms with Gasteiger partial charge < -0.3 is 29.3 Å². The molecule has 2 atom stereocenters. The van der Waals surface area contributed by atoms with Crippen LogP contribution in [0.5, 0.6) is 0 Å². The number of carbonyl (C=O) groups excluding carboxylic acids is 2. The van der Waals surface area contributed by atoms with Gasteiger partial charge in [0, 0.05) is 52.7 Å². The monoisotopic (exact) mass is 538 g/mol. The van der Waals surface area contributed by atoms with E-state index in [1.165, 1.54) is 0 Å². The summed E-state index contributed by atoms with van der Waals surface area (Å²) >= 11 is 0. The van der Waals surface area contributed by atoms with Crippen molar-refractivity contribution >= 4 is 24.1 Å². The topological polar surface area (TPSA) is 139 Å². The molecule has 3 aliphatic rings. The lowest BCUT2D eigenvalue weighted by Crippen LogP contribution is -2.54.